The van der Waals surface area contributed by atoms with Gasteiger partial charge in [-0.15, -0.1) is 0 Å². The van der Waals surface area contributed by atoms with Crippen LogP contribution < -0.4 is 0 Å². The third-order valence-electron chi connectivity index (χ3n) is 6.21. The van der Waals surface area contributed by atoms with Crippen LogP contribution in [0.1, 0.15) is 37.5 Å². The summed E-state index contributed by atoms with van der Waals surface area (Å²) in [5, 5.41) is 3.95. The molecule has 1 aromatic heterocycles. The highest BCUT2D eigenvalue weighted by Gasteiger charge is 2.34. The van der Waals surface area contributed by atoms with Gasteiger partial charge in [0.05, 0.1) is 5.56 Å². The fourth-order valence-corrected chi connectivity index (χ4v) is 4.41. The zero-order valence-corrected chi connectivity index (χ0v) is 21.2. The Labute approximate surface area is 218 Å². The third kappa shape index (κ3) is 5.41. The highest BCUT2D eigenvalue weighted by molar-refractivity contribution is 5.73. The van der Waals surface area contributed by atoms with Crippen molar-refractivity contribution in [3.05, 3.63) is 83.4 Å². The normalized spacial score (nSPS) is 13.8. The Morgan fingerprint density at radius 3 is 2.37 bits per heavy atom. The number of alkyl halides is 3. The molecule has 9 heteroatoms. The predicted molar refractivity (Wildman–Crippen MR) is 136 cm³/mol. The van der Waals surface area contributed by atoms with Gasteiger partial charge in [0.25, 0.3) is 5.89 Å². The van der Waals surface area contributed by atoms with Crippen LogP contribution in [0.25, 0.3) is 34.0 Å². The minimum Gasteiger partial charge on any atom is -0.444 e. The average Bonchev–Trinajstić information content (AvgIpc) is 3.37. The summed E-state index contributed by atoms with van der Waals surface area (Å²) >= 11 is 0. The molecule has 0 saturated heterocycles. The van der Waals surface area contributed by atoms with Crippen LogP contribution in [-0.4, -0.2) is 33.3 Å². The van der Waals surface area contributed by atoms with E-state index in [0.29, 0.717) is 30.6 Å². The maximum absolute atomic E-state index is 13.9. The van der Waals surface area contributed by atoms with Crippen molar-refractivity contribution in [2.24, 2.45) is 0 Å². The molecule has 0 atom stereocenters. The number of hydrogen-bond acceptors (Lipinski definition) is 5. The van der Waals surface area contributed by atoms with Gasteiger partial charge in [-0.1, -0.05) is 53.7 Å². The largest absolute Gasteiger partial charge is 0.444 e. The molecule has 196 valence electrons. The summed E-state index contributed by atoms with van der Waals surface area (Å²) < 4.78 is 52.7. The Hall–Kier alpha value is -4.14. The summed E-state index contributed by atoms with van der Waals surface area (Å²) in [4.78, 5) is 18.5. The highest BCUT2D eigenvalue weighted by atomic mass is 19.4. The number of fused-ring (bicyclic) bond motifs is 1. The first kappa shape index (κ1) is 25.5. The van der Waals surface area contributed by atoms with Crippen LogP contribution in [0.15, 0.2) is 71.3 Å². The van der Waals surface area contributed by atoms with Crippen molar-refractivity contribution in [2.75, 3.05) is 6.54 Å². The molecule has 38 heavy (non-hydrogen) atoms. The minimum absolute atomic E-state index is 0.0685. The molecule has 5 rings (SSSR count). The van der Waals surface area contributed by atoms with Crippen molar-refractivity contribution in [1.82, 2.24) is 15.0 Å². The number of rotatable bonds is 3. The Morgan fingerprint density at radius 1 is 0.921 bits per heavy atom. The van der Waals surface area contributed by atoms with Crippen LogP contribution in [0, 0.1) is 0 Å². The summed E-state index contributed by atoms with van der Waals surface area (Å²) in [6.45, 7) is 6.42. The van der Waals surface area contributed by atoms with Gasteiger partial charge in [-0.3, -0.25) is 0 Å². The molecule has 0 aliphatic carbocycles. The Morgan fingerprint density at radius 2 is 1.66 bits per heavy atom. The summed E-state index contributed by atoms with van der Waals surface area (Å²) in [7, 11) is 0. The number of benzene rings is 3. The van der Waals surface area contributed by atoms with Gasteiger partial charge in [-0.25, -0.2) is 4.79 Å². The highest BCUT2D eigenvalue weighted by Crippen LogP contribution is 2.39. The molecule has 1 amide bonds. The van der Waals surface area contributed by atoms with Gasteiger partial charge in [0.1, 0.15) is 5.60 Å². The molecule has 2 heterocycles. The second-order valence-corrected chi connectivity index (χ2v) is 10.2. The summed E-state index contributed by atoms with van der Waals surface area (Å²) in [5.74, 6) is 0.275. The summed E-state index contributed by atoms with van der Waals surface area (Å²) in [6.07, 6.45) is -4.29. The van der Waals surface area contributed by atoms with Crippen LogP contribution >= 0.6 is 0 Å². The van der Waals surface area contributed by atoms with Gasteiger partial charge in [0.2, 0.25) is 5.82 Å². The maximum Gasteiger partial charge on any atom is 0.417 e. The number of aromatic nitrogens is 2. The van der Waals surface area contributed by atoms with Gasteiger partial charge < -0.3 is 14.2 Å². The van der Waals surface area contributed by atoms with E-state index in [9.17, 15) is 18.0 Å². The van der Waals surface area contributed by atoms with E-state index in [4.69, 9.17) is 9.26 Å². The van der Waals surface area contributed by atoms with E-state index >= 15 is 0 Å². The van der Waals surface area contributed by atoms with Crippen LogP contribution in [0.5, 0.6) is 0 Å². The second kappa shape index (κ2) is 9.63. The number of ether oxygens (including phenoxy) is 1. The lowest BCUT2D eigenvalue weighted by molar-refractivity contribution is -0.137. The van der Waals surface area contributed by atoms with Gasteiger partial charge in [0, 0.05) is 24.2 Å². The molecule has 0 N–H and O–H groups in total. The van der Waals surface area contributed by atoms with Crippen molar-refractivity contribution < 1.29 is 27.2 Å². The van der Waals surface area contributed by atoms with Crippen LogP contribution in [0.4, 0.5) is 18.0 Å². The van der Waals surface area contributed by atoms with E-state index in [-0.39, 0.29) is 28.9 Å². The lowest BCUT2D eigenvalue weighted by Crippen LogP contribution is -2.39. The molecule has 4 aromatic rings. The van der Waals surface area contributed by atoms with Gasteiger partial charge >= 0.3 is 12.3 Å². The van der Waals surface area contributed by atoms with Gasteiger partial charge in [-0.2, -0.15) is 18.2 Å². The molecular formula is C29H26F3N3O3. The summed E-state index contributed by atoms with van der Waals surface area (Å²) in [6, 6.07) is 18.1. The number of carbonyl (C=O) groups is 1. The van der Waals surface area contributed by atoms with E-state index in [2.05, 4.69) is 10.1 Å². The first-order valence-corrected chi connectivity index (χ1v) is 12.2. The molecule has 0 radical (unpaired) electrons. The lowest BCUT2D eigenvalue weighted by atomic mass is 9.97. The molecule has 3 aromatic carbocycles. The molecule has 1 aliphatic heterocycles. The SMILES string of the molecule is CC(C)(C)OC(=O)N1CCc2cc(-c3nc(-c4ccc(-c5ccccc5)c(C(F)(F)F)c4)no3)ccc2C1. The van der Waals surface area contributed by atoms with Crippen LogP contribution in [0.2, 0.25) is 0 Å². The third-order valence-corrected chi connectivity index (χ3v) is 6.21. The minimum atomic E-state index is -4.56. The lowest BCUT2D eigenvalue weighted by Gasteiger charge is -2.31. The van der Waals surface area contributed by atoms with E-state index in [1.54, 1.807) is 47.4 Å². The molecule has 6 nitrogen and oxygen atoms in total. The summed E-state index contributed by atoms with van der Waals surface area (Å²) in [5.41, 5.74) is 2.10. The number of amides is 1. The Bertz CT molecular complexity index is 1470. The van der Waals surface area contributed by atoms with E-state index in [0.717, 1.165) is 17.2 Å². The van der Waals surface area contributed by atoms with E-state index in [1.165, 1.54) is 6.07 Å². The van der Waals surface area contributed by atoms with Crippen LogP contribution in [-0.2, 0) is 23.9 Å². The monoisotopic (exact) mass is 521 g/mol. The Balaban J connectivity index is 1.39. The maximum atomic E-state index is 13.9. The number of halogens is 3. The zero-order valence-electron chi connectivity index (χ0n) is 21.2. The molecule has 0 saturated carbocycles. The fraction of sp³-hybridized carbons (Fsp3) is 0.276. The van der Waals surface area contributed by atoms with E-state index < -0.39 is 17.3 Å². The number of nitrogens with zero attached hydrogens (tertiary/aromatic N) is 3. The van der Waals surface area contributed by atoms with Crippen molar-refractivity contribution in [3.63, 3.8) is 0 Å². The molecule has 0 spiro atoms. The van der Waals surface area contributed by atoms with E-state index in [1.807, 2.05) is 32.9 Å². The number of hydrogen-bond donors (Lipinski definition) is 0. The van der Waals surface area contributed by atoms with Crippen molar-refractivity contribution in [1.29, 1.82) is 0 Å². The quantitative estimate of drug-likeness (QED) is 0.281. The first-order chi connectivity index (χ1) is 18.0. The molecule has 1 aliphatic rings. The van der Waals surface area contributed by atoms with Crippen LogP contribution in [0.3, 0.4) is 0 Å². The van der Waals surface area contributed by atoms with Crippen molar-refractivity contribution >= 4 is 6.09 Å². The topological polar surface area (TPSA) is 68.5 Å². The molecule has 0 fully saturated rings. The van der Waals surface area contributed by atoms with Crippen molar-refractivity contribution in [2.45, 2.75) is 45.5 Å². The molecular weight excluding hydrogens is 495 g/mol. The number of carbonyl (C=O) groups excluding carboxylic acids is 1. The van der Waals surface area contributed by atoms with Gasteiger partial charge in [0.15, 0.2) is 0 Å². The first-order valence-electron chi connectivity index (χ1n) is 12.2. The predicted octanol–water partition coefficient (Wildman–Crippen LogP) is 7.38. The Kier molecular flexibility index (Phi) is 6.46. The van der Waals surface area contributed by atoms with Crippen molar-refractivity contribution in [3.8, 4) is 34.0 Å². The smallest absolute Gasteiger partial charge is 0.417 e. The molecule has 0 bridgehead atoms. The molecule has 0 unspecified atom stereocenters. The fourth-order valence-electron chi connectivity index (χ4n) is 4.41. The van der Waals surface area contributed by atoms with Gasteiger partial charge in [-0.05, 0) is 67.6 Å². The second-order valence-electron chi connectivity index (χ2n) is 10.2. The average molecular weight is 522 g/mol. The zero-order chi connectivity index (χ0) is 27.1. The standard InChI is InChI=1S/C29H26F3N3O3/c1-28(2,3)37-27(36)35-14-13-19-15-21(9-10-22(19)17-35)26-33-25(34-38-26)20-11-12-23(18-7-5-4-6-8-18)24(16-20)29(30,31)32/h4-12,15-16H,13-14,17H2,1-3H3.